The molecule has 1 spiro atoms. The lowest BCUT2D eigenvalue weighted by Gasteiger charge is -2.47. The molecule has 1 aromatic carbocycles. The van der Waals surface area contributed by atoms with Crippen LogP contribution in [0.4, 0.5) is 5.95 Å². The van der Waals surface area contributed by atoms with Crippen molar-refractivity contribution >= 4 is 26.7 Å². The smallest absolute Gasteiger partial charge is 0.225 e. The molecule has 5 heterocycles. The van der Waals surface area contributed by atoms with Crippen LogP contribution in [0.25, 0.3) is 22.2 Å². The van der Waals surface area contributed by atoms with Crippen LogP contribution in [0.1, 0.15) is 36.3 Å². The Kier molecular flexibility index (Phi) is 5.22. The first kappa shape index (κ1) is 22.8. The first-order chi connectivity index (χ1) is 17.2. The number of ether oxygens (including phenoxy) is 1. The van der Waals surface area contributed by atoms with Crippen LogP contribution >= 0.6 is 0 Å². The Labute approximate surface area is 209 Å². The van der Waals surface area contributed by atoms with Crippen molar-refractivity contribution in [3.63, 3.8) is 0 Å². The molecule has 11 heteroatoms. The number of nitrogens with one attached hydrogen (secondary N) is 1. The summed E-state index contributed by atoms with van der Waals surface area (Å²) in [5.74, 6) is 1.90. The van der Waals surface area contributed by atoms with E-state index in [0.29, 0.717) is 19.0 Å². The first-order valence-corrected chi connectivity index (χ1v) is 13.8. The monoisotopic (exact) mass is 505 g/mol. The normalized spacial score (nSPS) is 18.9. The van der Waals surface area contributed by atoms with E-state index in [4.69, 9.17) is 4.74 Å². The zero-order chi connectivity index (χ0) is 25.1. The van der Waals surface area contributed by atoms with Gasteiger partial charge in [-0.25, -0.2) is 18.4 Å². The molecule has 6 rings (SSSR count). The largest absolute Gasteiger partial charge is 0.486 e. The minimum Gasteiger partial charge on any atom is -0.486 e. The van der Waals surface area contributed by atoms with Crippen molar-refractivity contribution < 1.29 is 13.2 Å². The maximum Gasteiger partial charge on any atom is 0.225 e. The lowest BCUT2D eigenvalue weighted by molar-refractivity contribution is 0.225. The van der Waals surface area contributed by atoms with Crippen LogP contribution < -0.4 is 9.64 Å². The van der Waals surface area contributed by atoms with Gasteiger partial charge in [0.05, 0.1) is 28.9 Å². The molecular weight excluding hydrogens is 478 g/mol. The second-order valence-corrected chi connectivity index (χ2v) is 12.2. The van der Waals surface area contributed by atoms with Crippen LogP contribution in [0, 0.1) is 19.3 Å². The summed E-state index contributed by atoms with van der Waals surface area (Å²) in [5, 5.41) is 16.7. The van der Waals surface area contributed by atoms with Gasteiger partial charge in [-0.05, 0) is 51.0 Å². The van der Waals surface area contributed by atoms with Crippen LogP contribution in [-0.2, 0) is 9.84 Å². The summed E-state index contributed by atoms with van der Waals surface area (Å²) in [6.07, 6.45) is 5.81. The van der Waals surface area contributed by atoms with Gasteiger partial charge in [-0.3, -0.25) is 5.10 Å². The third kappa shape index (κ3) is 3.97. The molecule has 3 aromatic heterocycles. The third-order valence-corrected chi connectivity index (χ3v) is 9.12. The van der Waals surface area contributed by atoms with Crippen molar-refractivity contribution in [3.05, 3.63) is 53.6 Å². The lowest BCUT2D eigenvalue weighted by Crippen LogP contribution is -2.57. The molecule has 0 radical (unpaired) electrons. The SMILES string of the molecule is Cc1cnnc(C)c1[C@H](C)Oc1ccc2[nH]nc(-c3cnc(N4CC5(CCS(=O)(=O)C5)C4)nc3)c2c1. The minimum atomic E-state index is -2.90. The van der Waals surface area contributed by atoms with Gasteiger partial charge in [0.2, 0.25) is 5.95 Å². The van der Waals surface area contributed by atoms with Crippen LogP contribution in [0.5, 0.6) is 5.75 Å². The molecule has 4 aromatic rings. The molecule has 10 nitrogen and oxygen atoms in total. The quantitative estimate of drug-likeness (QED) is 0.435. The Morgan fingerprint density at radius 3 is 2.61 bits per heavy atom. The number of H-pyrrole nitrogens is 1. The van der Waals surface area contributed by atoms with E-state index in [2.05, 4.69) is 30.4 Å². The summed E-state index contributed by atoms with van der Waals surface area (Å²) in [6.45, 7) is 7.31. The summed E-state index contributed by atoms with van der Waals surface area (Å²) in [7, 11) is -2.90. The second kappa shape index (κ2) is 8.22. The van der Waals surface area contributed by atoms with Gasteiger partial charge in [-0.1, -0.05) is 0 Å². The van der Waals surface area contributed by atoms with Crippen molar-refractivity contribution in [1.29, 1.82) is 0 Å². The number of rotatable bonds is 5. The van der Waals surface area contributed by atoms with Gasteiger partial charge in [0.1, 0.15) is 17.5 Å². The Morgan fingerprint density at radius 2 is 1.92 bits per heavy atom. The zero-order valence-corrected chi connectivity index (χ0v) is 21.2. The molecule has 2 fully saturated rings. The van der Waals surface area contributed by atoms with Gasteiger partial charge in [0, 0.05) is 47.4 Å². The fraction of sp³-hybridized carbons (Fsp3) is 0.400. The van der Waals surface area contributed by atoms with Crippen molar-refractivity contribution in [2.24, 2.45) is 5.41 Å². The molecular formula is C25H27N7O3S. The van der Waals surface area contributed by atoms with Gasteiger partial charge < -0.3 is 9.64 Å². The van der Waals surface area contributed by atoms with E-state index >= 15 is 0 Å². The number of aryl methyl sites for hydroxylation is 2. The van der Waals surface area contributed by atoms with E-state index in [1.165, 1.54) is 0 Å². The third-order valence-electron chi connectivity index (χ3n) is 7.24. The minimum absolute atomic E-state index is 0.129. The fourth-order valence-corrected chi connectivity index (χ4v) is 7.67. The van der Waals surface area contributed by atoms with E-state index in [-0.39, 0.29) is 23.0 Å². The van der Waals surface area contributed by atoms with Crippen molar-refractivity contribution in [2.45, 2.75) is 33.3 Å². The Balaban J connectivity index is 1.21. The van der Waals surface area contributed by atoms with Gasteiger partial charge in [-0.2, -0.15) is 15.3 Å². The average Bonchev–Trinajstić information content (AvgIpc) is 3.38. The van der Waals surface area contributed by atoms with Crippen LogP contribution in [0.3, 0.4) is 0 Å². The van der Waals surface area contributed by atoms with E-state index in [0.717, 1.165) is 51.2 Å². The Hall–Kier alpha value is -3.60. The highest BCUT2D eigenvalue weighted by atomic mass is 32.2. The van der Waals surface area contributed by atoms with Crippen molar-refractivity contribution in [3.8, 4) is 17.0 Å². The fourth-order valence-electron chi connectivity index (χ4n) is 5.52. The van der Waals surface area contributed by atoms with E-state index in [9.17, 15) is 8.42 Å². The van der Waals surface area contributed by atoms with Gasteiger partial charge in [-0.15, -0.1) is 0 Å². The molecule has 1 atom stereocenters. The zero-order valence-electron chi connectivity index (χ0n) is 20.4. The molecule has 0 unspecified atom stereocenters. The second-order valence-electron chi connectivity index (χ2n) is 10.0. The Bertz CT molecular complexity index is 1540. The van der Waals surface area contributed by atoms with E-state index < -0.39 is 9.84 Å². The van der Waals surface area contributed by atoms with Gasteiger partial charge in [0.25, 0.3) is 0 Å². The highest BCUT2D eigenvalue weighted by Crippen LogP contribution is 2.42. The molecule has 36 heavy (non-hydrogen) atoms. The standard InChI is InChI=1S/C25H27N7O3S/c1-15-9-28-29-16(2)22(15)17(3)35-19-4-5-21-20(8-19)23(31-30-21)18-10-26-24(27-11-18)32-12-25(13-32)6-7-36(33,34)14-25/h4-5,8-11,17H,6-7,12-14H2,1-3H3,(H,30,31)/t17-/m0/s1. The molecule has 0 bridgehead atoms. The number of hydrogen-bond acceptors (Lipinski definition) is 9. The Morgan fingerprint density at radius 1 is 1.14 bits per heavy atom. The number of hydrogen-bond donors (Lipinski definition) is 1. The summed E-state index contributed by atoms with van der Waals surface area (Å²) in [6, 6.07) is 5.84. The van der Waals surface area contributed by atoms with Crippen LogP contribution in [0.2, 0.25) is 0 Å². The maximum atomic E-state index is 11.9. The molecule has 186 valence electrons. The summed E-state index contributed by atoms with van der Waals surface area (Å²) < 4.78 is 30.0. The van der Waals surface area contributed by atoms with Gasteiger partial charge >= 0.3 is 0 Å². The van der Waals surface area contributed by atoms with E-state index in [1.54, 1.807) is 18.6 Å². The highest BCUT2D eigenvalue weighted by Gasteiger charge is 2.51. The van der Waals surface area contributed by atoms with E-state index in [1.807, 2.05) is 43.9 Å². The highest BCUT2D eigenvalue weighted by molar-refractivity contribution is 7.91. The predicted molar refractivity (Wildman–Crippen MR) is 136 cm³/mol. The number of aromatic nitrogens is 6. The number of anilines is 1. The molecule has 0 amide bonds. The summed E-state index contributed by atoms with van der Waals surface area (Å²) in [4.78, 5) is 11.1. The van der Waals surface area contributed by atoms with Crippen LogP contribution in [0.15, 0.2) is 36.8 Å². The molecule has 1 N–H and O–H groups in total. The molecule has 2 saturated heterocycles. The average molecular weight is 506 g/mol. The molecule has 0 saturated carbocycles. The summed E-state index contributed by atoms with van der Waals surface area (Å²) >= 11 is 0. The maximum absolute atomic E-state index is 11.9. The van der Waals surface area contributed by atoms with Crippen LogP contribution in [-0.4, -0.2) is 63.4 Å². The number of fused-ring (bicyclic) bond motifs is 1. The predicted octanol–water partition coefficient (Wildman–Crippen LogP) is 3.19. The number of aromatic amines is 1. The number of nitrogens with zero attached hydrogens (tertiary/aromatic N) is 6. The molecule has 0 aliphatic carbocycles. The van der Waals surface area contributed by atoms with Crippen molar-refractivity contribution in [1.82, 2.24) is 30.4 Å². The topological polar surface area (TPSA) is 127 Å². The van der Waals surface area contributed by atoms with Crippen molar-refractivity contribution in [2.75, 3.05) is 29.5 Å². The first-order valence-electron chi connectivity index (χ1n) is 11.9. The lowest BCUT2D eigenvalue weighted by atomic mass is 9.80. The summed E-state index contributed by atoms with van der Waals surface area (Å²) in [5.41, 5.74) is 5.22. The molecule has 2 aliphatic heterocycles. The molecule has 2 aliphatic rings. The number of sulfone groups is 1. The van der Waals surface area contributed by atoms with Gasteiger partial charge in [0.15, 0.2) is 9.84 Å². The number of benzene rings is 1.